The largest absolute Gasteiger partial charge is 0.346 e. The molecule has 0 fully saturated rings. The summed E-state index contributed by atoms with van der Waals surface area (Å²) in [6.45, 7) is 11.0. The summed E-state index contributed by atoms with van der Waals surface area (Å²) in [5.74, 6) is 1.02. The molecule has 0 radical (unpaired) electrons. The van der Waals surface area contributed by atoms with Gasteiger partial charge in [0.1, 0.15) is 11.5 Å². The molecule has 6 nitrogen and oxygen atoms in total. The molecule has 1 N–H and O–H groups in total. The highest BCUT2D eigenvalue weighted by Crippen LogP contribution is 2.18. The van der Waals surface area contributed by atoms with Gasteiger partial charge >= 0.3 is 0 Å². The van der Waals surface area contributed by atoms with Crippen molar-refractivity contribution in [2.45, 2.75) is 65.6 Å². The first-order valence-corrected chi connectivity index (χ1v) is 8.14. The van der Waals surface area contributed by atoms with Crippen molar-refractivity contribution in [3.05, 3.63) is 35.2 Å². The summed E-state index contributed by atoms with van der Waals surface area (Å²) in [5.41, 5.74) is 2.40. The van der Waals surface area contributed by atoms with E-state index in [0.29, 0.717) is 5.69 Å². The maximum absolute atomic E-state index is 12.5. The summed E-state index contributed by atoms with van der Waals surface area (Å²) in [6, 6.07) is 1.99. The normalized spacial score (nSPS) is 17.9. The van der Waals surface area contributed by atoms with Gasteiger partial charge in [-0.2, -0.15) is 5.10 Å². The number of carbonyl (C=O) groups is 1. The molecule has 1 atom stereocenters. The van der Waals surface area contributed by atoms with Crippen LogP contribution in [0.15, 0.2) is 12.3 Å². The van der Waals surface area contributed by atoms with Gasteiger partial charge < -0.3 is 9.88 Å². The van der Waals surface area contributed by atoms with Crippen LogP contribution in [0.4, 0.5) is 0 Å². The summed E-state index contributed by atoms with van der Waals surface area (Å²) in [5, 5.41) is 7.59. The molecule has 23 heavy (non-hydrogen) atoms. The van der Waals surface area contributed by atoms with Gasteiger partial charge in [0.25, 0.3) is 5.91 Å². The van der Waals surface area contributed by atoms with E-state index in [9.17, 15) is 4.79 Å². The van der Waals surface area contributed by atoms with E-state index in [1.54, 1.807) is 0 Å². The lowest BCUT2D eigenvalue weighted by molar-refractivity contribution is 0.0921. The summed E-state index contributed by atoms with van der Waals surface area (Å²) >= 11 is 0. The maximum Gasteiger partial charge on any atom is 0.272 e. The van der Waals surface area contributed by atoms with Crippen LogP contribution in [0.2, 0.25) is 0 Å². The topological polar surface area (TPSA) is 64.7 Å². The van der Waals surface area contributed by atoms with E-state index in [4.69, 9.17) is 0 Å². The lowest BCUT2D eigenvalue weighted by atomic mass is 10.1. The van der Waals surface area contributed by atoms with Crippen molar-refractivity contribution >= 4 is 5.91 Å². The number of aromatic nitrogens is 4. The summed E-state index contributed by atoms with van der Waals surface area (Å²) in [6.07, 6.45) is 3.86. The molecule has 0 aromatic carbocycles. The maximum atomic E-state index is 12.5. The third kappa shape index (κ3) is 3.16. The molecule has 1 aliphatic heterocycles. The van der Waals surface area contributed by atoms with Crippen molar-refractivity contribution < 1.29 is 4.79 Å². The van der Waals surface area contributed by atoms with Gasteiger partial charge in [0.05, 0.1) is 11.2 Å². The zero-order valence-corrected chi connectivity index (χ0v) is 14.6. The Hall–Kier alpha value is -2.11. The predicted octanol–water partition coefficient (Wildman–Crippen LogP) is 2.20. The molecular formula is C17H25N5O. The number of carbonyl (C=O) groups excluding carboxylic acids is 1. The fourth-order valence-electron chi connectivity index (χ4n) is 3.23. The zero-order valence-electron chi connectivity index (χ0n) is 14.6. The van der Waals surface area contributed by atoms with E-state index in [1.165, 1.54) is 0 Å². The second-order valence-corrected chi connectivity index (χ2v) is 7.41. The molecule has 0 aliphatic carbocycles. The molecule has 0 saturated carbocycles. The molecule has 1 aliphatic rings. The van der Waals surface area contributed by atoms with Gasteiger partial charge in [-0.1, -0.05) is 0 Å². The summed E-state index contributed by atoms with van der Waals surface area (Å²) in [4.78, 5) is 17.0. The quantitative estimate of drug-likeness (QED) is 0.924. The molecule has 2 aromatic heterocycles. The van der Waals surface area contributed by atoms with E-state index in [-0.39, 0.29) is 17.5 Å². The number of hydrogen-bond donors (Lipinski definition) is 1. The van der Waals surface area contributed by atoms with Crippen molar-refractivity contribution in [2.24, 2.45) is 0 Å². The molecule has 2 aromatic rings. The minimum absolute atomic E-state index is 0.0959. The number of nitrogens with zero attached hydrogens (tertiary/aromatic N) is 4. The van der Waals surface area contributed by atoms with Crippen molar-refractivity contribution in [1.82, 2.24) is 24.6 Å². The first-order chi connectivity index (χ1) is 10.7. The number of fused-ring (bicyclic) bond motifs is 1. The Morgan fingerprint density at radius 1 is 1.35 bits per heavy atom. The molecule has 6 heteroatoms. The molecule has 0 saturated heterocycles. The monoisotopic (exact) mass is 315 g/mol. The van der Waals surface area contributed by atoms with E-state index >= 15 is 0 Å². The van der Waals surface area contributed by atoms with E-state index in [2.05, 4.69) is 40.7 Å². The molecule has 0 spiro atoms. The predicted molar refractivity (Wildman–Crippen MR) is 88.5 cm³/mol. The lowest BCUT2D eigenvalue weighted by Crippen LogP contribution is -2.41. The van der Waals surface area contributed by atoms with Gasteiger partial charge in [-0.05, 0) is 47.1 Å². The Kier molecular flexibility index (Phi) is 3.78. The average Bonchev–Trinajstić information content (AvgIpc) is 2.99. The first kappa shape index (κ1) is 15.8. The second-order valence-electron chi connectivity index (χ2n) is 7.41. The van der Waals surface area contributed by atoms with Crippen LogP contribution in [0.1, 0.15) is 54.9 Å². The Labute approximate surface area is 136 Å². The Morgan fingerprint density at radius 2 is 2.09 bits per heavy atom. The number of imidazole rings is 1. The highest BCUT2D eigenvalue weighted by atomic mass is 16.2. The highest BCUT2D eigenvalue weighted by Gasteiger charge is 2.24. The number of aryl methyl sites for hydroxylation is 3. The Morgan fingerprint density at radius 3 is 2.74 bits per heavy atom. The van der Waals surface area contributed by atoms with Crippen molar-refractivity contribution in [3.63, 3.8) is 0 Å². The molecule has 3 rings (SSSR count). The van der Waals surface area contributed by atoms with E-state index < -0.39 is 0 Å². The van der Waals surface area contributed by atoms with Crippen LogP contribution < -0.4 is 5.32 Å². The Balaban J connectivity index is 1.71. The number of nitrogens with one attached hydrogen (secondary N) is 1. The van der Waals surface area contributed by atoms with Gasteiger partial charge in [-0.3, -0.25) is 9.48 Å². The highest BCUT2D eigenvalue weighted by molar-refractivity contribution is 5.92. The molecular weight excluding hydrogens is 290 g/mol. The molecule has 1 amide bonds. The van der Waals surface area contributed by atoms with Gasteiger partial charge in [-0.15, -0.1) is 0 Å². The molecule has 0 bridgehead atoms. The van der Waals surface area contributed by atoms with E-state index in [0.717, 1.165) is 36.6 Å². The van der Waals surface area contributed by atoms with Crippen LogP contribution in [0.25, 0.3) is 0 Å². The van der Waals surface area contributed by atoms with Crippen LogP contribution in [0.3, 0.4) is 0 Å². The molecule has 0 unspecified atom stereocenters. The first-order valence-electron chi connectivity index (χ1n) is 8.14. The fourth-order valence-corrected chi connectivity index (χ4v) is 3.23. The van der Waals surface area contributed by atoms with E-state index in [1.807, 2.05) is 30.8 Å². The second kappa shape index (κ2) is 5.51. The van der Waals surface area contributed by atoms with Crippen molar-refractivity contribution in [1.29, 1.82) is 0 Å². The van der Waals surface area contributed by atoms with Gasteiger partial charge in [0, 0.05) is 30.9 Å². The number of amides is 1. The lowest BCUT2D eigenvalue weighted by Gasteiger charge is -2.24. The average molecular weight is 315 g/mol. The zero-order chi connectivity index (χ0) is 16.8. The molecule has 124 valence electrons. The Bertz CT molecular complexity index is 735. The smallest absolute Gasteiger partial charge is 0.272 e. The summed E-state index contributed by atoms with van der Waals surface area (Å²) in [7, 11) is 0. The SMILES string of the molecule is Cc1cn2c(n1)CC[C@H](NC(=O)c1cc(C)n(C(C)(C)C)n1)C2. The van der Waals surface area contributed by atoms with Gasteiger partial charge in [0.2, 0.25) is 0 Å². The van der Waals surface area contributed by atoms with Crippen LogP contribution in [-0.4, -0.2) is 31.3 Å². The number of rotatable bonds is 2. The van der Waals surface area contributed by atoms with Crippen LogP contribution in [0, 0.1) is 13.8 Å². The van der Waals surface area contributed by atoms with Gasteiger partial charge in [-0.25, -0.2) is 4.98 Å². The number of hydrogen-bond acceptors (Lipinski definition) is 3. The van der Waals surface area contributed by atoms with Crippen molar-refractivity contribution in [3.8, 4) is 0 Å². The standard InChI is InChI=1S/C17H25N5O/c1-11-9-21-10-13(6-7-15(21)18-11)19-16(23)14-8-12(2)22(20-14)17(3,4)5/h8-9,13H,6-7,10H2,1-5H3,(H,19,23)/t13-/m0/s1. The molecule has 3 heterocycles. The summed E-state index contributed by atoms with van der Waals surface area (Å²) < 4.78 is 4.04. The third-order valence-electron chi connectivity index (χ3n) is 4.20. The third-order valence-corrected chi connectivity index (χ3v) is 4.20. The van der Waals surface area contributed by atoms with Crippen LogP contribution in [-0.2, 0) is 18.5 Å². The fraction of sp³-hybridized carbons (Fsp3) is 0.588. The van der Waals surface area contributed by atoms with Crippen LogP contribution in [0.5, 0.6) is 0 Å². The minimum Gasteiger partial charge on any atom is -0.346 e. The van der Waals surface area contributed by atoms with Crippen molar-refractivity contribution in [2.75, 3.05) is 0 Å². The van der Waals surface area contributed by atoms with Crippen LogP contribution >= 0.6 is 0 Å². The minimum atomic E-state index is -0.128. The van der Waals surface area contributed by atoms with Gasteiger partial charge in [0.15, 0.2) is 0 Å².